The van der Waals surface area contributed by atoms with E-state index in [4.69, 9.17) is 14.2 Å². The first-order chi connectivity index (χ1) is 10.2. The number of benzene rings is 1. The molecule has 0 saturated carbocycles. The summed E-state index contributed by atoms with van der Waals surface area (Å²) in [6.07, 6.45) is 11.3. The monoisotopic (exact) mass is 286 g/mol. The molecule has 0 atom stereocenters. The molecule has 4 heteroatoms. The zero-order valence-corrected chi connectivity index (χ0v) is 12.3. The summed E-state index contributed by atoms with van der Waals surface area (Å²) in [6, 6.07) is 3.40. The number of hydrogen-bond acceptors (Lipinski definition) is 4. The van der Waals surface area contributed by atoms with E-state index in [1.165, 1.54) is 14.2 Å². The SMILES string of the molecule is COc1cc(/C(O)=C/C=C2C=CC=C2)cc(OC)c1OC. The van der Waals surface area contributed by atoms with E-state index in [0.717, 1.165) is 5.57 Å². The van der Waals surface area contributed by atoms with Gasteiger partial charge in [-0.3, -0.25) is 0 Å². The summed E-state index contributed by atoms with van der Waals surface area (Å²) in [7, 11) is 4.62. The molecular weight excluding hydrogens is 268 g/mol. The van der Waals surface area contributed by atoms with E-state index in [2.05, 4.69) is 0 Å². The third-order valence-electron chi connectivity index (χ3n) is 3.08. The van der Waals surface area contributed by atoms with Gasteiger partial charge in [-0.1, -0.05) is 30.4 Å². The van der Waals surface area contributed by atoms with Gasteiger partial charge in [-0.15, -0.1) is 0 Å². The molecule has 2 rings (SSSR count). The molecule has 4 nitrogen and oxygen atoms in total. The molecule has 0 amide bonds. The van der Waals surface area contributed by atoms with Crippen LogP contribution in [-0.2, 0) is 0 Å². The van der Waals surface area contributed by atoms with E-state index < -0.39 is 0 Å². The fourth-order valence-corrected chi connectivity index (χ4v) is 2.00. The first-order valence-electron chi connectivity index (χ1n) is 6.45. The van der Waals surface area contributed by atoms with E-state index in [1.54, 1.807) is 25.3 Å². The molecule has 0 bridgehead atoms. The van der Waals surface area contributed by atoms with Crippen LogP contribution in [0.4, 0.5) is 0 Å². The largest absolute Gasteiger partial charge is 0.507 e. The Morgan fingerprint density at radius 2 is 1.52 bits per heavy atom. The van der Waals surface area contributed by atoms with Crippen LogP contribution in [0.2, 0.25) is 0 Å². The quantitative estimate of drug-likeness (QED) is 0.839. The Labute approximate surface area is 124 Å². The van der Waals surface area contributed by atoms with Crippen molar-refractivity contribution >= 4 is 5.76 Å². The van der Waals surface area contributed by atoms with Crippen LogP contribution in [-0.4, -0.2) is 26.4 Å². The van der Waals surface area contributed by atoms with Gasteiger partial charge in [0.1, 0.15) is 5.76 Å². The average Bonchev–Trinajstić information content (AvgIpc) is 3.04. The number of aliphatic hydroxyl groups excluding tert-OH is 1. The van der Waals surface area contributed by atoms with E-state index in [9.17, 15) is 5.11 Å². The predicted molar refractivity (Wildman–Crippen MR) is 83.1 cm³/mol. The van der Waals surface area contributed by atoms with E-state index in [-0.39, 0.29) is 5.76 Å². The second kappa shape index (κ2) is 6.70. The van der Waals surface area contributed by atoms with Crippen LogP contribution in [0, 0.1) is 0 Å². The molecule has 21 heavy (non-hydrogen) atoms. The second-order valence-electron chi connectivity index (χ2n) is 4.35. The number of aliphatic hydroxyl groups is 1. The number of hydrogen-bond donors (Lipinski definition) is 1. The molecule has 0 radical (unpaired) electrons. The average molecular weight is 286 g/mol. The van der Waals surface area contributed by atoms with Crippen LogP contribution >= 0.6 is 0 Å². The van der Waals surface area contributed by atoms with Crippen LogP contribution in [0.25, 0.3) is 5.76 Å². The molecule has 1 aliphatic rings. The lowest BCUT2D eigenvalue weighted by molar-refractivity contribution is 0.324. The zero-order chi connectivity index (χ0) is 15.2. The molecule has 0 aliphatic heterocycles. The normalized spacial score (nSPS) is 13.5. The summed E-state index contributed by atoms with van der Waals surface area (Å²) in [6.45, 7) is 0. The van der Waals surface area contributed by atoms with Gasteiger partial charge in [0.25, 0.3) is 0 Å². The Bertz CT molecular complexity index is 597. The molecular formula is C17H18O4. The van der Waals surface area contributed by atoms with E-state index in [0.29, 0.717) is 22.8 Å². The molecule has 0 unspecified atom stereocenters. The van der Waals surface area contributed by atoms with Crippen molar-refractivity contribution in [2.24, 2.45) is 0 Å². The van der Waals surface area contributed by atoms with Crippen molar-refractivity contribution < 1.29 is 19.3 Å². The van der Waals surface area contributed by atoms with Gasteiger partial charge in [0, 0.05) is 5.56 Å². The Kier molecular flexibility index (Phi) is 4.72. The van der Waals surface area contributed by atoms with E-state index in [1.807, 2.05) is 30.4 Å². The number of allylic oxidation sites excluding steroid dienone is 7. The highest BCUT2D eigenvalue weighted by molar-refractivity contribution is 5.68. The summed E-state index contributed by atoms with van der Waals surface area (Å²) >= 11 is 0. The van der Waals surface area contributed by atoms with Crippen molar-refractivity contribution in [2.45, 2.75) is 0 Å². The van der Waals surface area contributed by atoms with Gasteiger partial charge in [0.05, 0.1) is 21.3 Å². The molecule has 1 N–H and O–H groups in total. The maximum atomic E-state index is 10.2. The topological polar surface area (TPSA) is 47.9 Å². The minimum atomic E-state index is 0.121. The highest BCUT2D eigenvalue weighted by Gasteiger charge is 2.14. The lowest BCUT2D eigenvalue weighted by Gasteiger charge is -2.13. The summed E-state index contributed by atoms with van der Waals surface area (Å²) in [5.41, 5.74) is 1.61. The third-order valence-corrected chi connectivity index (χ3v) is 3.08. The Morgan fingerprint density at radius 3 is 2.00 bits per heavy atom. The Morgan fingerprint density at radius 1 is 0.952 bits per heavy atom. The summed E-state index contributed by atoms with van der Waals surface area (Å²) in [4.78, 5) is 0. The van der Waals surface area contributed by atoms with E-state index >= 15 is 0 Å². The third kappa shape index (κ3) is 3.28. The minimum Gasteiger partial charge on any atom is -0.507 e. The standard InChI is InChI=1S/C17H18O4/c1-19-15-10-13(11-16(20-2)17(15)21-3)14(18)9-8-12-6-4-5-7-12/h4-11,18H,1-3H3/b14-9-. The van der Waals surface area contributed by atoms with Gasteiger partial charge in [-0.2, -0.15) is 0 Å². The molecule has 0 spiro atoms. The Hall–Kier alpha value is -2.62. The summed E-state index contributed by atoms with van der Waals surface area (Å²) in [5, 5.41) is 10.2. The number of ether oxygens (including phenoxy) is 3. The maximum absolute atomic E-state index is 10.2. The summed E-state index contributed by atoms with van der Waals surface area (Å²) < 4.78 is 15.8. The predicted octanol–water partition coefficient (Wildman–Crippen LogP) is 3.66. The summed E-state index contributed by atoms with van der Waals surface area (Å²) in [5.74, 6) is 1.62. The van der Waals surface area contributed by atoms with Gasteiger partial charge < -0.3 is 19.3 Å². The lowest BCUT2D eigenvalue weighted by Crippen LogP contribution is -1.96. The van der Waals surface area contributed by atoms with Crippen LogP contribution < -0.4 is 14.2 Å². The van der Waals surface area contributed by atoms with Crippen LogP contribution in [0.3, 0.4) is 0 Å². The van der Waals surface area contributed by atoms with Gasteiger partial charge in [0.2, 0.25) is 5.75 Å². The molecule has 1 aromatic carbocycles. The van der Waals surface area contributed by atoms with Gasteiger partial charge in [-0.05, 0) is 23.8 Å². The van der Waals surface area contributed by atoms with Crippen molar-refractivity contribution in [2.75, 3.05) is 21.3 Å². The van der Waals surface area contributed by atoms with Crippen molar-refractivity contribution in [1.29, 1.82) is 0 Å². The van der Waals surface area contributed by atoms with Crippen molar-refractivity contribution in [3.05, 3.63) is 59.7 Å². The van der Waals surface area contributed by atoms with Crippen molar-refractivity contribution in [1.82, 2.24) is 0 Å². The van der Waals surface area contributed by atoms with Gasteiger partial charge in [0.15, 0.2) is 11.5 Å². The fraction of sp³-hybridized carbons (Fsp3) is 0.176. The van der Waals surface area contributed by atoms with Crippen LogP contribution in [0.1, 0.15) is 5.56 Å². The lowest BCUT2D eigenvalue weighted by atomic mass is 10.1. The fourth-order valence-electron chi connectivity index (χ4n) is 2.00. The molecule has 0 saturated heterocycles. The molecule has 110 valence electrons. The first kappa shape index (κ1) is 14.8. The molecule has 1 aliphatic carbocycles. The van der Waals surface area contributed by atoms with Gasteiger partial charge in [-0.25, -0.2) is 0 Å². The van der Waals surface area contributed by atoms with Gasteiger partial charge >= 0.3 is 0 Å². The smallest absolute Gasteiger partial charge is 0.203 e. The first-order valence-corrected chi connectivity index (χ1v) is 6.45. The molecule has 0 fully saturated rings. The molecule has 1 aromatic rings. The highest BCUT2D eigenvalue weighted by Crippen LogP contribution is 2.39. The zero-order valence-electron chi connectivity index (χ0n) is 12.3. The second-order valence-corrected chi connectivity index (χ2v) is 4.35. The minimum absolute atomic E-state index is 0.121. The number of rotatable bonds is 5. The van der Waals surface area contributed by atoms with Crippen LogP contribution in [0.5, 0.6) is 17.2 Å². The number of methoxy groups -OCH3 is 3. The molecule has 0 aromatic heterocycles. The van der Waals surface area contributed by atoms with Crippen molar-refractivity contribution in [3.63, 3.8) is 0 Å². The van der Waals surface area contributed by atoms with Crippen LogP contribution in [0.15, 0.2) is 54.2 Å². The maximum Gasteiger partial charge on any atom is 0.203 e. The van der Waals surface area contributed by atoms with Crippen molar-refractivity contribution in [3.8, 4) is 17.2 Å². The highest BCUT2D eigenvalue weighted by atomic mass is 16.5. The Balaban J connectivity index is 2.39. The molecule has 0 heterocycles.